The smallest absolute Gasteiger partial charge is 0.254 e. The molecule has 3 aromatic rings. The molecule has 0 unspecified atom stereocenters. The molecule has 5 N–H and O–H groups in total. The third-order valence-corrected chi connectivity index (χ3v) is 4.70. The molecule has 0 aliphatic carbocycles. The van der Waals surface area contributed by atoms with Crippen LogP contribution in [0.3, 0.4) is 0 Å². The van der Waals surface area contributed by atoms with E-state index in [1.807, 2.05) is 42.5 Å². The highest BCUT2D eigenvalue weighted by molar-refractivity contribution is 5.95. The Morgan fingerprint density at radius 1 is 1.03 bits per heavy atom. The molecule has 0 fully saturated rings. The maximum atomic E-state index is 11.5. The topological polar surface area (TPSA) is 127 Å². The molecule has 1 aromatic heterocycles. The Labute approximate surface area is 198 Å². The number of aromatic nitrogens is 1. The van der Waals surface area contributed by atoms with Crippen molar-refractivity contribution in [2.24, 2.45) is 5.73 Å². The van der Waals surface area contributed by atoms with Gasteiger partial charge in [0.25, 0.3) is 5.91 Å². The molecule has 2 atom stereocenters. The predicted octanol–water partition coefficient (Wildman–Crippen LogP) is 2.33. The molecule has 0 bridgehead atoms. The third kappa shape index (κ3) is 8.36. The second-order valence-electron chi connectivity index (χ2n) is 7.24. The summed E-state index contributed by atoms with van der Waals surface area (Å²) in [6.45, 7) is 0.358. The Morgan fingerprint density at radius 3 is 2.42 bits per heavy atom. The van der Waals surface area contributed by atoms with Crippen molar-refractivity contribution in [3.05, 3.63) is 84.1 Å². The molecule has 0 aliphatic heterocycles. The second-order valence-corrected chi connectivity index (χ2v) is 7.24. The molecule has 0 saturated heterocycles. The van der Waals surface area contributed by atoms with Crippen LogP contribution in [-0.2, 0) is 6.42 Å². The molecule has 33 heavy (non-hydrogen) atoms. The van der Waals surface area contributed by atoms with Crippen molar-refractivity contribution in [1.82, 2.24) is 10.3 Å². The zero-order valence-corrected chi connectivity index (χ0v) is 18.8. The van der Waals surface area contributed by atoms with Gasteiger partial charge in [0.05, 0.1) is 6.61 Å². The molecular weight excluding hydrogens is 446 g/mol. The van der Waals surface area contributed by atoms with Gasteiger partial charge in [-0.3, -0.25) is 4.79 Å². The van der Waals surface area contributed by atoms with Gasteiger partial charge in [0.15, 0.2) is 0 Å². The van der Waals surface area contributed by atoms with Crippen molar-refractivity contribution in [2.75, 3.05) is 19.8 Å². The van der Waals surface area contributed by atoms with Crippen molar-refractivity contribution in [1.29, 1.82) is 0 Å². The highest BCUT2D eigenvalue weighted by Gasteiger charge is 2.13. The van der Waals surface area contributed by atoms with E-state index in [1.165, 1.54) is 6.20 Å². The monoisotopic (exact) mass is 473 g/mol. The number of carbonyl (C=O) groups is 1. The fraction of sp³-hybridized carbons (Fsp3) is 0.250. The minimum atomic E-state index is -0.710. The number of halogens is 1. The Balaban J connectivity index is 0.00000385. The fourth-order valence-corrected chi connectivity index (χ4v) is 3.02. The molecular formula is C24H28ClN3O5. The molecule has 1 amide bonds. The van der Waals surface area contributed by atoms with Gasteiger partial charge >= 0.3 is 0 Å². The average molecular weight is 474 g/mol. The first-order chi connectivity index (χ1) is 15.5. The summed E-state index contributed by atoms with van der Waals surface area (Å²) in [7, 11) is 0. The zero-order chi connectivity index (χ0) is 22.8. The molecule has 0 spiro atoms. The van der Waals surface area contributed by atoms with E-state index in [4.69, 9.17) is 15.2 Å². The van der Waals surface area contributed by atoms with Crippen LogP contribution in [0.2, 0.25) is 0 Å². The number of primary amides is 1. The maximum absolute atomic E-state index is 11.5. The van der Waals surface area contributed by atoms with Crippen molar-refractivity contribution < 1.29 is 24.5 Å². The van der Waals surface area contributed by atoms with Crippen LogP contribution in [0.4, 0.5) is 0 Å². The van der Waals surface area contributed by atoms with E-state index in [1.54, 1.807) is 24.3 Å². The van der Waals surface area contributed by atoms with Crippen molar-refractivity contribution >= 4 is 18.3 Å². The van der Waals surface area contributed by atoms with E-state index in [0.29, 0.717) is 17.9 Å². The van der Waals surface area contributed by atoms with Crippen molar-refractivity contribution in [3.63, 3.8) is 0 Å². The lowest BCUT2D eigenvalue weighted by molar-refractivity contribution is 0.0994. The summed E-state index contributed by atoms with van der Waals surface area (Å²) in [6, 6.07) is 19.5. The van der Waals surface area contributed by atoms with Gasteiger partial charge in [-0.15, -0.1) is 12.4 Å². The number of pyridine rings is 1. The summed E-state index contributed by atoms with van der Waals surface area (Å²) in [5.41, 5.74) is 6.52. The highest BCUT2D eigenvalue weighted by Crippen LogP contribution is 2.23. The molecule has 2 aromatic carbocycles. The van der Waals surface area contributed by atoms with Crippen LogP contribution in [0.1, 0.15) is 15.9 Å². The number of ether oxygens (including phenoxy) is 2. The van der Waals surface area contributed by atoms with Crippen LogP contribution in [0.25, 0.3) is 0 Å². The Hall–Kier alpha value is -3.17. The lowest BCUT2D eigenvalue weighted by Crippen LogP contribution is -2.41. The highest BCUT2D eigenvalue weighted by atomic mass is 35.5. The summed E-state index contributed by atoms with van der Waals surface area (Å²) in [4.78, 5) is 15.5. The van der Waals surface area contributed by atoms with E-state index in [-0.39, 0.29) is 49.7 Å². The van der Waals surface area contributed by atoms with Gasteiger partial charge in [0, 0.05) is 18.8 Å². The summed E-state index contributed by atoms with van der Waals surface area (Å²) in [6.07, 6.45) is 1.37. The van der Waals surface area contributed by atoms with Gasteiger partial charge < -0.3 is 30.7 Å². The molecule has 0 saturated carbocycles. The van der Waals surface area contributed by atoms with Crippen LogP contribution >= 0.6 is 12.4 Å². The first-order valence-electron chi connectivity index (χ1n) is 10.3. The predicted molar refractivity (Wildman–Crippen MR) is 127 cm³/mol. The lowest BCUT2D eigenvalue weighted by Gasteiger charge is -2.19. The van der Waals surface area contributed by atoms with E-state index >= 15 is 0 Å². The third-order valence-electron chi connectivity index (χ3n) is 4.70. The first kappa shape index (κ1) is 26.1. The van der Waals surface area contributed by atoms with Gasteiger partial charge in [-0.05, 0) is 48.4 Å². The van der Waals surface area contributed by atoms with E-state index in [0.717, 1.165) is 5.56 Å². The van der Waals surface area contributed by atoms with E-state index in [9.17, 15) is 15.0 Å². The Morgan fingerprint density at radius 2 is 1.76 bits per heavy atom. The number of aliphatic hydroxyl groups is 2. The fourth-order valence-electron chi connectivity index (χ4n) is 3.02. The zero-order valence-electron chi connectivity index (χ0n) is 18.0. The van der Waals surface area contributed by atoms with Crippen molar-refractivity contribution in [3.8, 4) is 17.4 Å². The number of hydrogen-bond donors (Lipinski definition) is 4. The molecule has 1 heterocycles. The molecule has 9 heteroatoms. The number of benzene rings is 2. The van der Waals surface area contributed by atoms with E-state index < -0.39 is 12.0 Å². The van der Waals surface area contributed by atoms with Gasteiger partial charge in [-0.1, -0.05) is 30.3 Å². The SMILES string of the molecule is Cl.NC(=O)c1cccnc1Oc1ccc(C[C@@H](CO)NC[C@@H](O)COc2ccccc2)cc1. The van der Waals surface area contributed by atoms with Crippen LogP contribution in [0.15, 0.2) is 72.9 Å². The van der Waals surface area contributed by atoms with Gasteiger partial charge in [0.2, 0.25) is 5.88 Å². The minimum Gasteiger partial charge on any atom is -0.491 e. The molecule has 3 rings (SSSR count). The molecule has 176 valence electrons. The number of nitrogens with one attached hydrogen (secondary N) is 1. The van der Waals surface area contributed by atoms with Crippen LogP contribution in [-0.4, -0.2) is 53.0 Å². The van der Waals surface area contributed by atoms with Gasteiger partial charge in [0.1, 0.15) is 29.8 Å². The number of aliphatic hydroxyl groups excluding tert-OH is 2. The lowest BCUT2D eigenvalue weighted by atomic mass is 10.1. The summed E-state index contributed by atoms with van der Waals surface area (Å²) >= 11 is 0. The van der Waals surface area contributed by atoms with E-state index in [2.05, 4.69) is 10.3 Å². The number of hydrogen-bond acceptors (Lipinski definition) is 7. The molecule has 0 radical (unpaired) electrons. The maximum Gasteiger partial charge on any atom is 0.254 e. The number of carbonyl (C=O) groups excluding carboxylic acids is 1. The number of rotatable bonds is 12. The number of nitrogens with two attached hydrogens (primary N) is 1. The van der Waals surface area contributed by atoms with Crippen LogP contribution < -0.4 is 20.5 Å². The van der Waals surface area contributed by atoms with Crippen LogP contribution in [0.5, 0.6) is 17.4 Å². The summed E-state index contributed by atoms with van der Waals surface area (Å²) in [5.74, 6) is 0.741. The summed E-state index contributed by atoms with van der Waals surface area (Å²) < 4.78 is 11.2. The minimum absolute atomic E-state index is 0. The number of para-hydroxylation sites is 1. The second kappa shape index (κ2) is 13.4. The number of nitrogens with zero attached hydrogens (tertiary/aromatic N) is 1. The Bertz CT molecular complexity index is 989. The van der Waals surface area contributed by atoms with Crippen LogP contribution in [0, 0.1) is 0 Å². The molecule has 8 nitrogen and oxygen atoms in total. The largest absolute Gasteiger partial charge is 0.491 e. The first-order valence-corrected chi connectivity index (χ1v) is 10.3. The Kier molecular flexibility index (Phi) is 10.6. The normalized spacial score (nSPS) is 12.3. The molecule has 0 aliphatic rings. The average Bonchev–Trinajstić information content (AvgIpc) is 2.82. The standard InChI is InChI=1S/C24H27N3O5.ClH/c25-23(30)22-7-4-12-26-24(22)32-21-10-8-17(9-11-21)13-18(15-28)27-14-19(29)16-31-20-5-2-1-3-6-20;/h1-12,18-19,27-29H,13-16H2,(H2,25,30);1H/t18-,19+;/m0./s1. The van der Waals surface area contributed by atoms with Crippen molar-refractivity contribution in [2.45, 2.75) is 18.6 Å². The number of amides is 1. The quantitative estimate of drug-likeness (QED) is 0.318. The van der Waals surface area contributed by atoms with Gasteiger partial charge in [-0.25, -0.2) is 4.98 Å². The summed E-state index contributed by atoms with van der Waals surface area (Å²) in [5, 5.41) is 23.0. The van der Waals surface area contributed by atoms with Gasteiger partial charge in [-0.2, -0.15) is 0 Å².